The lowest BCUT2D eigenvalue weighted by Gasteiger charge is -1.98. The Bertz CT molecular complexity index is 495. The van der Waals surface area contributed by atoms with Crippen molar-refractivity contribution in [2.45, 2.75) is 0 Å². The fraction of sp³-hybridized carbons (Fsp3) is 0. The van der Waals surface area contributed by atoms with Crippen molar-refractivity contribution in [3.8, 4) is 11.1 Å². The molecule has 0 spiro atoms. The van der Waals surface area contributed by atoms with Crippen molar-refractivity contribution in [2.75, 3.05) is 0 Å². The summed E-state index contributed by atoms with van der Waals surface area (Å²) in [6.45, 7) is 0. The maximum absolute atomic E-state index is 10.3. The number of aliphatic carboxylic acids is 1. The maximum atomic E-state index is 10.3. The summed E-state index contributed by atoms with van der Waals surface area (Å²) < 4.78 is 0. The zero-order chi connectivity index (χ0) is 11.4. The topological polar surface area (TPSA) is 37.3 Å². The quantitative estimate of drug-likeness (QED) is 0.819. The Kier molecular flexibility index (Phi) is 3.17. The van der Waals surface area contributed by atoms with Crippen LogP contribution in [0.3, 0.4) is 0 Å². The summed E-state index contributed by atoms with van der Waals surface area (Å²) in [5, 5.41) is 12.6. The average Bonchev–Trinajstić information content (AvgIpc) is 2.80. The van der Waals surface area contributed by atoms with Gasteiger partial charge in [0.05, 0.1) is 0 Å². The van der Waals surface area contributed by atoms with E-state index in [0.717, 1.165) is 17.2 Å². The number of carbonyl (C=O) groups is 1. The molecule has 1 aromatic carbocycles. The number of hydrogen-bond acceptors (Lipinski definition) is 2. The van der Waals surface area contributed by atoms with Gasteiger partial charge in [-0.2, -0.15) is 11.3 Å². The molecule has 0 bridgehead atoms. The molecule has 0 aliphatic rings. The minimum atomic E-state index is -0.929. The maximum Gasteiger partial charge on any atom is 0.328 e. The van der Waals surface area contributed by atoms with E-state index in [2.05, 4.69) is 11.4 Å². The van der Waals surface area contributed by atoms with Gasteiger partial charge in [0.1, 0.15) is 0 Å². The van der Waals surface area contributed by atoms with Gasteiger partial charge in [0.2, 0.25) is 0 Å². The van der Waals surface area contributed by atoms with Crippen LogP contribution in [0.2, 0.25) is 0 Å². The van der Waals surface area contributed by atoms with Crippen LogP contribution in [-0.2, 0) is 4.79 Å². The van der Waals surface area contributed by atoms with Crippen molar-refractivity contribution in [1.29, 1.82) is 0 Å². The van der Waals surface area contributed by atoms with Crippen molar-refractivity contribution < 1.29 is 9.90 Å². The molecule has 16 heavy (non-hydrogen) atoms. The molecule has 3 heteroatoms. The Balaban J connectivity index is 2.20. The Labute approximate surface area is 97.5 Å². The zero-order valence-electron chi connectivity index (χ0n) is 8.46. The third-order valence-corrected chi connectivity index (χ3v) is 2.87. The molecule has 2 nitrogen and oxygen atoms in total. The number of benzene rings is 1. The Morgan fingerprint density at radius 1 is 1.12 bits per heavy atom. The van der Waals surface area contributed by atoms with Gasteiger partial charge < -0.3 is 5.11 Å². The van der Waals surface area contributed by atoms with Crippen LogP contribution in [0.25, 0.3) is 17.2 Å². The molecule has 0 amide bonds. The minimum Gasteiger partial charge on any atom is -0.478 e. The lowest BCUT2D eigenvalue weighted by Crippen LogP contribution is -1.85. The van der Waals surface area contributed by atoms with E-state index in [1.165, 1.54) is 5.56 Å². The zero-order valence-corrected chi connectivity index (χ0v) is 9.28. The van der Waals surface area contributed by atoms with Crippen molar-refractivity contribution in [3.05, 3.63) is 52.7 Å². The average molecular weight is 230 g/mol. The fourth-order valence-electron chi connectivity index (χ4n) is 1.38. The third-order valence-electron chi connectivity index (χ3n) is 2.18. The molecule has 0 aliphatic heterocycles. The second kappa shape index (κ2) is 4.77. The summed E-state index contributed by atoms with van der Waals surface area (Å²) in [6.07, 6.45) is 2.72. The Morgan fingerprint density at radius 3 is 2.44 bits per heavy atom. The highest BCUT2D eigenvalue weighted by Gasteiger charge is 1.97. The van der Waals surface area contributed by atoms with Crippen LogP contribution in [0.1, 0.15) is 5.56 Å². The van der Waals surface area contributed by atoms with Crippen LogP contribution >= 0.6 is 11.3 Å². The van der Waals surface area contributed by atoms with Gasteiger partial charge in [0, 0.05) is 6.08 Å². The molecular formula is C13H10O2S. The molecule has 2 aromatic rings. The van der Waals surface area contributed by atoms with E-state index in [1.54, 1.807) is 17.4 Å². The van der Waals surface area contributed by atoms with Gasteiger partial charge in [0.15, 0.2) is 0 Å². The molecule has 1 aromatic heterocycles. The summed E-state index contributed by atoms with van der Waals surface area (Å²) in [7, 11) is 0. The van der Waals surface area contributed by atoms with E-state index in [-0.39, 0.29) is 0 Å². The molecule has 0 aliphatic carbocycles. The molecule has 0 saturated heterocycles. The minimum absolute atomic E-state index is 0.890. The first kappa shape index (κ1) is 10.6. The van der Waals surface area contributed by atoms with Crippen molar-refractivity contribution in [3.63, 3.8) is 0 Å². The second-order valence-electron chi connectivity index (χ2n) is 3.31. The van der Waals surface area contributed by atoms with Gasteiger partial charge in [-0.15, -0.1) is 0 Å². The van der Waals surface area contributed by atoms with Crippen molar-refractivity contribution in [1.82, 2.24) is 0 Å². The van der Waals surface area contributed by atoms with E-state index in [0.29, 0.717) is 0 Å². The predicted molar refractivity (Wildman–Crippen MR) is 66.4 cm³/mol. The number of hydrogen-bond donors (Lipinski definition) is 1. The Hall–Kier alpha value is -1.87. The summed E-state index contributed by atoms with van der Waals surface area (Å²) in [4.78, 5) is 10.3. The van der Waals surface area contributed by atoms with Gasteiger partial charge in [-0.1, -0.05) is 24.3 Å². The molecule has 0 radical (unpaired) electrons. The highest BCUT2D eigenvalue weighted by Crippen LogP contribution is 2.22. The number of carboxylic acids is 1. The van der Waals surface area contributed by atoms with Gasteiger partial charge in [-0.3, -0.25) is 0 Å². The van der Waals surface area contributed by atoms with E-state index < -0.39 is 5.97 Å². The lowest BCUT2D eigenvalue weighted by molar-refractivity contribution is -0.131. The first-order chi connectivity index (χ1) is 7.75. The summed E-state index contributed by atoms with van der Waals surface area (Å²) in [5.41, 5.74) is 3.23. The Morgan fingerprint density at radius 2 is 1.88 bits per heavy atom. The largest absolute Gasteiger partial charge is 0.478 e. The number of rotatable bonds is 3. The van der Waals surface area contributed by atoms with Crippen LogP contribution in [-0.4, -0.2) is 11.1 Å². The van der Waals surface area contributed by atoms with Gasteiger partial charge in [0.25, 0.3) is 0 Å². The second-order valence-corrected chi connectivity index (χ2v) is 4.09. The van der Waals surface area contributed by atoms with E-state index >= 15 is 0 Å². The van der Waals surface area contributed by atoms with Crippen LogP contribution in [0.4, 0.5) is 0 Å². The third kappa shape index (κ3) is 2.58. The van der Waals surface area contributed by atoms with E-state index in [4.69, 9.17) is 5.11 Å². The summed E-state index contributed by atoms with van der Waals surface area (Å²) in [5.74, 6) is -0.929. The van der Waals surface area contributed by atoms with Crippen LogP contribution in [0, 0.1) is 0 Å². The van der Waals surface area contributed by atoms with E-state index in [9.17, 15) is 4.79 Å². The van der Waals surface area contributed by atoms with Crippen molar-refractivity contribution in [2.24, 2.45) is 0 Å². The predicted octanol–water partition coefficient (Wildman–Crippen LogP) is 3.51. The molecule has 0 unspecified atom stereocenters. The monoisotopic (exact) mass is 230 g/mol. The van der Waals surface area contributed by atoms with Gasteiger partial charge in [-0.05, 0) is 39.6 Å². The van der Waals surface area contributed by atoms with E-state index in [1.807, 2.05) is 29.6 Å². The highest BCUT2D eigenvalue weighted by atomic mass is 32.1. The van der Waals surface area contributed by atoms with Gasteiger partial charge >= 0.3 is 5.97 Å². The molecule has 80 valence electrons. The first-order valence-corrected chi connectivity index (χ1v) is 5.73. The van der Waals surface area contributed by atoms with Crippen LogP contribution < -0.4 is 0 Å². The summed E-state index contributed by atoms with van der Waals surface area (Å²) >= 11 is 1.66. The smallest absolute Gasteiger partial charge is 0.328 e. The summed E-state index contributed by atoms with van der Waals surface area (Å²) in [6, 6.07) is 9.86. The standard InChI is InChI=1S/C13H10O2S/c14-13(15)6-3-10-1-4-11(5-2-10)12-7-8-16-9-12/h1-9H,(H,14,15). The fourth-order valence-corrected chi connectivity index (χ4v) is 2.05. The van der Waals surface area contributed by atoms with Crippen LogP contribution in [0.15, 0.2) is 47.2 Å². The molecule has 1 N–H and O–H groups in total. The van der Waals surface area contributed by atoms with Gasteiger partial charge in [-0.25, -0.2) is 4.79 Å². The van der Waals surface area contributed by atoms with Crippen molar-refractivity contribution >= 4 is 23.4 Å². The SMILES string of the molecule is O=C(O)C=Cc1ccc(-c2ccsc2)cc1. The molecular weight excluding hydrogens is 220 g/mol. The molecule has 0 fully saturated rings. The lowest BCUT2D eigenvalue weighted by atomic mass is 10.1. The molecule has 1 heterocycles. The molecule has 0 saturated carbocycles. The molecule has 0 atom stereocenters. The highest BCUT2D eigenvalue weighted by molar-refractivity contribution is 7.08. The molecule has 2 rings (SSSR count). The number of thiophene rings is 1. The normalized spacial score (nSPS) is 10.8. The van der Waals surface area contributed by atoms with Crippen LogP contribution in [0.5, 0.6) is 0 Å². The first-order valence-electron chi connectivity index (χ1n) is 4.79. The number of carboxylic acid groups (broad SMARTS) is 1.